The fourth-order valence-corrected chi connectivity index (χ4v) is 3.54. The van der Waals surface area contributed by atoms with Gasteiger partial charge in [-0.1, -0.05) is 18.2 Å². The molecule has 1 aliphatic heterocycles. The van der Waals surface area contributed by atoms with Crippen molar-refractivity contribution in [3.05, 3.63) is 55.0 Å². The van der Waals surface area contributed by atoms with Crippen molar-refractivity contribution in [1.29, 1.82) is 0 Å². The molecule has 0 aliphatic carbocycles. The Morgan fingerprint density at radius 3 is 2.55 bits per heavy atom. The van der Waals surface area contributed by atoms with Crippen molar-refractivity contribution in [3.63, 3.8) is 0 Å². The van der Waals surface area contributed by atoms with Crippen molar-refractivity contribution in [2.24, 2.45) is 0 Å². The predicted octanol–water partition coefficient (Wildman–Crippen LogP) is 1.10. The molecule has 1 atom stereocenters. The SMILES string of the molecule is O=C(Nc1cnn(CC(O)CN2CCCC2)c1)C(=O)Nc1ccn(-c2ccccc2)n1. The van der Waals surface area contributed by atoms with Crippen LogP contribution < -0.4 is 10.6 Å². The molecule has 10 nitrogen and oxygen atoms in total. The maximum absolute atomic E-state index is 12.2. The second-order valence-electron chi connectivity index (χ2n) is 7.50. The second kappa shape index (κ2) is 9.54. The van der Waals surface area contributed by atoms with E-state index in [0.717, 1.165) is 18.8 Å². The highest BCUT2D eigenvalue weighted by atomic mass is 16.3. The number of nitrogens with zero attached hydrogens (tertiary/aromatic N) is 5. The summed E-state index contributed by atoms with van der Waals surface area (Å²) in [6, 6.07) is 11.0. The van der Waals surface area contributed by atoms with Gasteiger partial charge in [0.1, 0.15) is 0 Å². The lowest BCUT2D eigenvalue weighted by atomic mass is 10.3. The smallest absolute Gasteiger partial charge is 0.315 e. The molecule has 2 amide bonds. The Hall–Kier alpha value is -3.50. The first-order valence-corrected chi connectivity index (χ1v) is 10.2. The molecule has 0 saturated carbocycles. The standard InChI is InChI=1S/C21H25N7O3/c29-18(14-26-9-4-5-10-26)15-27-13-16(12-22-27)23-20(30)21(31)24-19-8-11-28(25-19)17-6-2-1-3-7-17/h1-3,6-8,11-13,18,29H,4-5,9-10,14-15H2,(H,23,30)(H,24,25,31). The third-order valence-corrected chi connectivity index (χ3v) is 5.01. The summed E-state index contributed by atoms with van der Waals surface area (Å²) in [5.41, 5.74) is 1.22. The van der Waals surface area contributed by atoms with E-state index in [1.165, 1.54) is 19.0 Å². The van der Waals surface area contributed by atoms with E-state index in [0.29, 0.717) is 18.8 Å². The number of hydrogen-bond acceptors (Lipinski definition) is 6. The Kier molecular flexibility index (Phi) is 6.39. The van der Waals surface area contributed by atoms with Crippen LogP contribution in [0.1, 0.15) is 12.8 Å². The normalized spacial score (nSPS) is 15.0. The van der Waals surface area contributed by atoms with Gasteiger partial charge in [0.15, 0.2) is 5.82 Å². The Bertz CT molecular complexity index is 1020. The zero-order valence-electron chi connectivity index (χ0n) is 17.0. The number of amides is 2. The molecule has 3 aromatic rings. The van der Waals surface area contributed by atoms with Crippen LogP contribution in [-0.4, -0.2) is 67.1 Å². The minimum atomic E-state index is -0.833. The van der Waals surface area contributed by atoms with Crippen LogP contribution in [0, 0.1) is 0 Å². The highest BCUT2D eigenvalue weighted by Gasteiger charge is 2.18. The van der Waals surface area contributed by atoms with E-state index in [1.807, 2.05) is 30.3 Å². The number of para-hydroxylation sites is 1. The molecule has 1 fully saturated rings. The van der Waals surface area contributed by atoms with Gasteiger partial charge in [0.2, 0.25) is 0 Å². The zero-order valence-corrected chi connectivity index (χ0v) is 17.0. The molecule has 0 radical (unpaired) electrons. The maximum Gasteiger partial charge on any atom is 0.315 e. The minimum absolute atomic E-state index is 0.268. The third kappa shape index (κ3) is 5.56. The predicted molar refractivity (Wildman–Crippen MR) is 115 cm³/mol. The fraction of sp³-hybridized carbons (Fsp3) is 0.333. The Morgan fingerprint density at radius 1 is 1.03 bits per heavy atom. The van der Waals surface area contributed by atoms with E-state index in [1.54, 1.807) is 27.8 Å². The van der Waals surface area contributed by atoms with E-state index < -0.39 is 17.9 Å². The van der Waals surface area contributed by atoms with Gasteiger partial charge in [-0.15, -0.1) is 0 Å². The molecule has 2 aromatic heterocycles. The number of benzene rings is 1. The summed E-state index contributed by atoms with van der Waals surface area (Å²) in [7, 11) is 0. The molecular formula is C21H25N7O3. The summed E-state index contributed by atoms with van der Waals surface area (Å²) in [4.78, 5) is 26.6. The molecule has 10 heteroatoms. The van der Waals surface area contributed by atoms with E-state index in [4.69, 9.17) is 0 Å². The molecule has 0 bridgehead atoms. The van der Waals surface area contributed by atoms with Crippen LogP contribution in [0.4, 0.5) is 11.5 Å². The number of β-amino-alcohol motifs (C(OH)–C–C–N with tert-alkyl or cyclic N) is 1. The number of aliphatic hydroxyl groups excluding tert-OH is 1. The van der Waals surface area contributed by atoms with Crippen LogP contribution >= 0.6 is 0 Å². The first-order valence-electron chi connectivity index (χ1n) is 10.2. The van der Waals surface area contributed by atoms with E-state index in [2.05, 4.69) is 25.7 Å². The second-order valence-corrected chi connectivity index (χ2v) is 7.50. The maximum atomic E-state index is 12.2. The van der Waals surface area contributed by atoms with E-state index in [9.17, 15) is 14.7 Å². The van der Waals surface area contributed by atoms with Gasteiger partial charge in [-0.3, -0.25) is 14.3 Å². The molecule has 3 heterocycles. The molecule has 4 rings (SSSR count). The molecule has 1 aromatic carbocycles. The van der Waals surface area contributed by atoms with Gasteiger partial charge in [-0.05, 0) is 38.1 Å². The lowest BCUT2D eigenvalue weighted by Gasteiger charge is -2.19. The average molecular weight is 423 g/mol. The molecule has 1 aliphatic rings. The van der Waals surface area contributed by atoms with Gasteiger partial charge in [0.05, 0.1) is 30.2 Å². The first kappa shape index (κ1) is 20.8. The topological polar surface area (TPSA) is 117 Å². The molecule has 162 valence electrons. The summed E-state index contributed by atoms with van der Waals surface area (Å²) in [6.45, 7) is 2.93. The molecule has 3 N–H and O–H groups in total. The van der Waals surface area contributed by atoms with Crippen molar-refractivity contribution in [1.82, 2.24) is 24.5 Å². The van der Waals surface area contributed by atoms with Crippen LogP contribution in [0.25, 0.3) is 5.69 Å². The zero-order chi connectivity index (χ0) is 21.6. The average Bonchev–Trinajstić information content (AvgIpc) is 3.52. The molecule has 31 heavy (non-hydrogen) atoms. The number of aromatic nitrogens is 4. The summed E-state index contributed by atoms with van der Waals surface area (Å²) < 4.78 is 3.15. The summed E-state index contributed by atoms with van der Waals surface area (Å²) >= 11 is 0. The van der Waals surface area contributed by atoms with Crippen LogP contribution in [0.3, 0.4) is 0 Å². The Balaban J connectivity index is 1.27. The number of carbonyl (C=O) groups is 2. The van der Waals surface area contributed by atoms with E-state index >= 15 is 0 Å². The molecule has 0 spiro atoms. The van der Waals surface area contributed by atoms with Crippen LogP contribution in [-0.2, 0) is 16.1 Å². The van der Waals surface area contributed by atoms with Crippen molar-refractivity contribution in [2.45, 2.75) is 25.5 Å². The van der Waals surface area contributed by atoms with Crippen LogP contribution in [0.2, 0.25) is 0 Å². The van der Waals surface area contributed by atoms with Gasteiger partial charge in [-0.2, -0.15) is 10.2 Å². The number of anilines is 2. The lowest BCUT2D eigenvalue weighted by Crippen LogP contribution is -2.32. The molecule has 1 saturated heterocycles. The summed E-state index contributed by atoms with van der Waals surface area (Å²) in [6.07, 6.45) is 6.50. The van der Waals surface area contributed by atoms with Crippen molar-refractivity contribution in [3.8, 4) is 5.69 Å². The molecule has 1 unspecified atom stereocenters. The van der Waals surface area contributed by atoms with Crippen LogP contribution in [0.5, 0.6) is 0 Å². The highest BCUT2D eigenvalue weighted by molar-refractivity contribution is 6.43. The van der Waals surface area contributed by atoms with Crippen molar-refractivity contribution >= 4 is 23.3 Å². The van der Waals surface area contributed by atoms with Crippen molar-refractivity contribution in [2.75, 3.05) is 30.3 Å². The van der Waals surface area contributed by atoms with Gasteiger partial charge in [0, 0.05) is 25.0 Å². The van der Waals surface area contributed by atoms with E-state index in [-0.39, 0.29) is 5.82 Å². The van der Waals surface area contributed by atoms with Gasteiger partial charge < -0.3 is 20.6 Å². The largest absolute Gasteiger partial charge is 0.390 e. The number of hydrogen-bond donors (Lipinski definition) is 3. The number of aliphatic hydroxyl groups is 1. The van der Waals surface area contributed by atoms with Crippen LogP contribution in [0.15, 0.2) is 55.0 Å². The third-order valence-electron chi connectivity index (χ3n) is 5.01. The van der Waals surface area contributed by atoms with Gasteiger partial charge in [-0.25, -0.2) is 4.68 Å². The van der Waals surface area contributed by atoms with Gasteiger partial charge in [0.25, 0.3) is 0 Å². The number of carbonyl (C=O) groups excluding carboxylic acids is 2. The fourth-order valence-electron chi connectivity index (χ4n) is 3.54. The highest BCUT2D eigenvalue weighted by Crippen LogP contribution is 2.11. The number of rotatable bonds is 7. The number of nitrogens with one attached hydrogen (secondary N) is 2. The van der Waals surface area contributed by atoms with Crippen molar-refractivity contribution < 1.29 is 14.7 Å². The Morgan fingerprint density at radius 2 is 1.77 bits per heavy atom. The summed E-state index contributed by atoms with van der Waals surface area (Å²) in [5.74, 6) is -1.39. The Labute approximate surface area is 179 Å². The summed E-state index contributed by atoms with van der Waals surface area (Å²) in [5, 5.41) is 23.6. The molecular weight excluding hydrogens is 398 g/mol. The van der Waals surface area contributed by atoms with Gasteiger partial charge >= 0.3 is 11.8 Å². The first-order chi connectivity index (χ1) is 15.1. The monoisotopic (exact) mass is 423 g/mol. The lowest BCUT2D eigenvalue weighted by molar-refractivity contribution is -0.133. The quantitative estimate of drug-likeness (QED) is 0.490. The number of likely N-dealkylation sites (tertiary alicyclic amines) is 1. The minimum Gasteiger partial charge on any atom is -0.390 e.